The highest BCUT2D eigenvalue weighted by Gasteiger charge is 2.09. The number of unbranched alkanes of at least 4 members (excludes halogenated alkanes) is 2. The maximum absolute atomic E-state index is 11.7. The van der Waals surface area contributed by atoms with E-state index in [1.54, 1.807) is 0 Å². The number of carbonyl (C=O) groups is 1. The molecule has 19 heavy (non-hydrogen) atoms. The van der Waals surface area contributed by atoms with Crippen LogP contribution >= 0.6 is 0 Å². The average Bonchev–Trinajstić information content (AvgIpc) is 2.37. The summed E-state index contributed by atoms with van der Waals surface area (Å²) < 4.78 is 22.1. The second kappa shape index (κ2) is 6.92. The van der Waals surface area contributed by atoms with E-state index in [0.717, 1.165) is 12.8 Å². The normalized spacial score (nSPS) is 10.7. The van der Waals surface area contributed by atoms with Crippen LogP contribution in [0.15, 0.2) is 29.2 Å². The number of rotatable bonds is 6. The molecule has 1 rings (SSSR count). The van der Waals surface area contributed by atoms with Gasteiger partial charge in [0.25, 0.3) is 5.91 Å². The van der Waals surface area contributed by atoms with Crippen molar-refractivity contribution in [1.29, 1.82) is 0 Å². The van der Waals surface area contributed by atoms with E-state index in [1.807, 2.05) is 0 Å². The molecule has 0 bridgehead atoms. The van der Waals surface area contributed by atoms with E-state index in [-0.39, 0.29) is 10.8 Å². The van der Waals surface area contributed by atoms with E-state index in [1.165, 1.54) is 24.3 Å². The molecule has 0 aliphatic heterocycles. The standard InChI is InChI=1S/C13H16N2O3S/c1-2-3-4-5-10-15-13(16)11-6-8-12(9-7-11)19(14,17)18/h1,6-9H,3-5,10H2,(H,15,16)(H2,14,17,18). The molecule has 1 amide bonds. The molecule has 0 aromatic heterocycles. The minimum Gasteiger partial charge on any atom is -0.352 e. The van der Waals surface area contributed by atoms with Gasteiger partial charge in [-0.2, -0.15) is 0 Å². The Morgan fingerprint density at radius 1 is 1.26 bits per heavy atom. The summed E-state index contributed by atoms with van der Waals surface area (Å²) in [6, 6.07) is 5.47. The van der Waals surface area contributed by atoms with Crippen LogP contribution in [-0.4, -0.2) is 20.9 Å². The van der Waals surface area contributed by atoms with Crippen molar-refractivity contribution in [3.8, 4) is 12.3 Å². The van der Waals surface area contributed by atoms with Crippen LogP contribution in [0.2, 0.25) is 0 Å². The van der Waals surface area contributed by atoms with Gasteiger partial charge >= 0.3 is 0 Å². The van der Waals surface area contributed by atoms with Crippen LogP contribution in [0.4, 0.5) is 0 Å². The summed E-state index contributed by atoms with van der Waals surface area (Å²) in [4.78, 5) is 11.7. The van der Waals surface area contributed by atoms with Crippen LogP contribution < -0.4 is 10.5 Å². The zero-order chi connectivity index (χ0) is 14.3. The quantitative estimate of drug-likeness (QED) is 0.598. The monoisotopic (exact) mass is 280 g/mol. The smallest absolute Gasteiger partial charge is 0.251 e. The van der Waals surface area contributed by atoms with E-state index in [2.05, 4.69) is 11.2 Å². The van der Waals surface area contributed by atoms with Gasteiger partial charge in [0.1, 0.15) is 0 Å². The van der Waals surface area contributed by atoms with Crippen molar-refractivity contribution in [1.82, 2.24) is 5.32 Å². The highest BCUT2D eigenvalue weighted by atomic mass is 32.2. The fraction of sp³-hybridized carbons (Fsp3) is 0.308. The van der Waals surface area contributed by atoms with Gasteiger partial charge in [-0.05, 0) is 37.1 Å². The Kier molecular flexibility index (Phi) is 5.55. The lowest BCUT2D eigenvalue weighted by molar-refractivity contribution is 0.0953. The fourth-order valence-corrected chi connectivity index (χ4v) is 1.97. The summed E-state index contributed by atoms with van der Waals surface area (Å²) in [5.74, 6) is 2.28. The minimum absolute atomic E-state index is 0.0157. The molecule has 0 heterocycles. The Morgan fingerprint density at radius 2 is 1.89 bits per heavy atom. The predicted molar refractivity (Wildman–Crippen MR) is 72.8 cm³/mol. The first-order chi connectivity index (χ1) is 8.95. The molecule has 0 atom stereocenters. The molecular weight excluding hydrogens is 264 g/mol. The lowest BCUT2D eigenvalue weighted by Crippen LogP contribution is -2.24. The number of benzene rings is 1. The summed E-state index contributed by atoms with van der Waals surface area (Å²) in [7, 11) is -3.72. The lowest BCUT2D eigenvalue weighted by atomic mass is 10.2. The Bertz CT molecular complexity index is 571. The van der Waals surface area contributed by atoms with Gasteiger partial charge in [0, 0.05) is 18.5 Å². The second-order valence-electron chi connectivity index (χ2n) is 3.99. The zero-order valence-corrected chi connectivity index (χ0v) is 11.2. The van der Waals surface area contributed by atoms with Gasteiger partial charge in [-0.3, -0.25) is 4.79 Å². The predicted octanol–water partition coefficient (Wildman–Crippen LogP) is 0.867. The van der Waals surface area contributed by atoms with Gasteiger partial charge in [-0.25, -0.2) is 13.6 Å². The van der Waals surface area contributed by atoms with Gasteiger partial charge in [0.05, 0.1) is 4.90 Å². The first kappa shape index (κ1) is 15.2. The number of amides is 1. The molecule has 5 nitrogen and oxygen atoms in total. The first-order valence-corrected chi connectivity index (χ1v) is 7.34. The molecule has 0 aliphatic carbocycles. The molecule has 0 radical (unpaired) electrons. The third-order valence-corrected chi connectivity index (χ3v) is 3.41. The number of hydrogen-bond acceptors (Lipinski definition) is 3. The largest absolute Gasteiger partial charge is 0.352 e. The topological polar surface area (TPSA) is 89.3 Å². The van der Waals surface area contributed by atoms with Gasteiger partial charge < -0.3 is 5.32 Å². The highest BCUT2D eigenvalue weighted by Crippen LogP contribution is 2.08. The highest BCUT2D eigenvalue weighted by molar-refractivity contribution is 7.89. The number of carbonyl (C=O) groups excluding carboxylic acids is 1. The molecule has 0 aliphatic rings. The Morgan fingerprint density at radius 3 is 2.42 bits per heavy atom. The molecule has 1 aromatic carbocycles. The van der Waals surface area contributed by atoms with Gasteiger partial charge in [0.15, 0.2) is 0 Å². The molecule has 0 fully saturated rings. The van der Waals surface area contributed by atoms with Crippen molar-refractivity contribution < 1.29 is 13.2 Å². The van der Waals surface area contributed by atoms with Crippen molar-refractivity contribution in [3.05, 3.63) is 29.8 Å². The second-order valence-corrected chi connectivity index (χ2v) is 5.55. The Hall–Kier alpha value is -1.84. The number of terminal acetylenes is 1. The summed E-state index contributed by atoms with van der Waals surface area (Å²) >= 11 is 0. The number of primary sulfonamides is 1. The summed E-state index contributed by atoms with van der Waals surface area (Å²) in [5.41, 5.74) is 0.393. The lowest BCUT2D eigenvalue weighted by Gasteiger charge is -2.05. The third-order valence-electron chi connectivity index (χ3n) is 2.48. The molecule has 0 unspecified atom stereocenters. The number of nitrogens with two attached hydrogens (primary N) is 1. The molecular formula is C13H16N2O3S. The van der Waals surface area contributed by atoms with Crippen molar-refractivity contribution in [2.45, 2.75) is 24.2 Å². The number of nitrogens with one attached hydrogen (secondary N) is 1. The molecule has 0 saturated carbocycles. The van der Waals surface area contributed by atoms with Crippen LogP contribution in [0.5, 0.6) is 0 Å². The Balaban J connectivity index is 2.52. The van der Waals surface area contributed by atoms with Crippen molar-refractivity contribution in [2.75, 3.05) is 6.54 Å². The first-order valence-electron chi connectivity index (χ1n) is 5.79. The summed E-state index contributed by atoms with van der Waals surface area (Å²) in [6.45, 7) is 0.539. The maximum atomic E-state index is 11.7. The van der Waals surface area contributed by atoms with Crippen LogP contribution in [0.25, 0.3) is 0 Å². The van der Waals surface area contributed by atoms with Crippen LogP contribution in [0.1, 0.15) is 29.6 Å². The van der Waals surface area contributed by atoms with E-state index < -0.39 is 10.0 Å². The van der Waals surface area contributed by atoms with Crippen LogP contribution in [0.3, 0.4) is 0 Å². The minimum atomic E-state index is -3.72. The maximum Gasteiger partial charge on any atom is 0.251 e. The van der Waals surface area contributed by atoms with E-state index >= 15 is 0 Å². The fourth-order valence-electron chi connectivity index (χ4n) is 1.45. The molecule has 0 saturated heterocycles. The molecule has 3 N–H and O–H groups in total. The average molecular weight is 280 g/mol. The molecule has 102 valence electrons. The van der Waals surface area contributed by atoms with Crippen molar-refractivity contribution in [2.24, 2.45) is 5.14 Å². The van der Waals surface area contributed by atoms with Gasteiger partial charge in [-0.15, -0.1) is 12.3 Å². The molecule has 1 aromatic rings. The third kappa shape index (κ3) is 5.12. The summed E-state index contributed by atoms with van der Waals surface area (Å²) in [6.07, 6.45) is 7.48. The SMILES string of the molecule is C#CCCCCNC(=O)c1ccc(S(N)(=O)=O)cc1. The van der Waals surface area contributed by atoms with E-state index in [4.69, 9.17) is 11.6 Å². The number of sulfonamides is 1. The summed E-state index contributed by atoms with van der Waals surface area (Å²) in [5, 5.41) is 7.69. The van der Waals surface area contributed by atoms with Crippen molar-refractivity contribution in [3.63, 3.8) is 0 Å². The molecule has 6 heteroatoms. The number of hydrogen-bond donors (Lipinski definition) is 2. The van der Waals surface area contributed by atoms with E-state index in [9.17, 15) is 13.2 Å². The van der Waals surface area contributed by atoms with Crippen LogP contribution in [-0.2, 0) is 10.0 Å². The van der Waals surface area contributed by atoms with E-state index in [0.29, 0.717) is 18.5 Å². The molecule has 0 spiro atoms. The Labute approximate surface area is 113 Å². The van der Waals surface area contributed by atoms with Gasteiger partial charge in [-0.1, -0.05) is 0 Å². The van der Waals surface area contributed by atoms with Crippen LogP contribution in [0, 0.1) is 12.3 Å². The van der Waals surface area contributed by atoms with Crippen molar-refractivity contribution >= 4 is 15.9 Å². The van der Waals surface area contributed by atoms with Gasteiger partial charge in [0.2, 0.25) is 10.0 Å². The zero-order valence-electron chi connectivity index (χ0n) is 10.4.